The summed E-state index contributed by atoms with van der Waals surface area (Å²) in [6.07, 6.45) is 6.81. The Labute approximate surface area is 192 Å². The van der Waals surface area contributed by atoms with Crippen LogP contribution in [0.25, 0.3) is 0 Å². The van der Waals surface area contributed by atoms with Crippen molar-refractivity contribution in [1.29, 1.82) is 0 Å². The van der Waals surface area contributed by atoms with Crippen LogP contribution in [0.5, 0.6) is 0 Å². The first-order valence-electron chi connectivity index (χ1n) is 11.7. The van der Waals surface area contributed by atoms with Gasteiger partial charge in [0, 0.05) is 37.7 Å². The fraction of sp³-hybridized carbons (Fsp3) is 0.393. The Balaban J connectivity index is 1.71. The zero-order valence-electron chi connectivity index (χ0n) is 19.7. The smallest absolute Gasteiger partial charge is 0.254 e. The number of benzene rings is 2. The number of nitrogens with zero attached hydrogens (tertiary/aromatic N) is 2. The quantitative estimate of drug-likeness (QED) is 0.336. The molecule has 0 spiro atoms. The lowest BCUT2D eigenvalue weighted by atomic mass is 10.0. The number of unbranched alkanes of at least 4 members (excludes halogenated alkanes) is 2. The number of hydrogen-bond acceptors (Lipinski definition) is 2. The molecule has 0 saturated carbocycles. The molecule has 0 radical (unpaired) electrons. The van der Waals surface area contributed by atoms with Gasteiger partial charge in [-0.3, -0.25) is 4.79 Å². The lowest BCUT2D eigenvalue weighted by Gasteiger charge is -2.24. The summed E-state index contributed by atoms with van der Waals surface area (Å²) in [6, 6.07) is 20.9. The van der Waals surface area contributed by atoms with Gasteiger partial charge in [0.15, 0.2) is 0 Å². The van der Waals surface area contributed by atoms with Crippen LogP contribution >= 0.6 is 0 Å². The van der Waals surface area contributed by atoms with Crippen LogP contribution in [0.3, 0.4) is 0 Å². The molecular weight excluding hydrogens is 396 g/mol. The molecule has 0 saturated heterocycles. The molecule has 3 rings (SSSR count). The van der Waals surface area contributed by atoms with Crippen molar-refractivity contribution in [1.82, 2.24) is 9.47 Å². The lowest BCUT2D eigenvalue weighted by Crippen LogP contribution is -2.34. The largest absolute Gasteiger partial charge is 0.383 e. The van der Waals surface area contributed by atoms with Crippen molar-refractivity contribution in [2.24, 2.45) is 0 Å². The minimum atomic E-state index is 0.0465. The van der Waals surface area contributed by atoms with Crippen molar-refractivity contribution in [3.05, 3.63) is 94.8 Å². The number of aryl methyl sites for hydroxylation is 2. The number of carbonyl (C=O) groups is 1. The van der Waals surface area contributed by atoms with Gasteiger partial charge in [0.1, 0.15) is 0 Å². The van der Waals surface area contributed by atoms with Crippen LogP contribution < -0.4 is 0 Å². The first-order chi connectivity index (χ1) is 15.6. The summed E-state index contributed by atoms with van der Waals surface area (Å²) in [5, 5.41) is 0. The Bertz CT molecular complexity index is 958. The van der Waals surface area contributed by atoms with Gasteiger partial charge < -0.3 is 14.2 Å². The Morgan fingerprint density at radius 2 is 1.69 bits per heavy atom. The van der Waals surface area contributed by atoms with E-state index in [0.29, 0.717) is 19.7 Å². The van der Waals surface area contributed by atoms with E-state index in [9.17, 15) is 4.79 Å². The second kappa shape index (κ2) is 12.3. The maximum Gasteiger partial charge on any atom is 0.254 e. The molecular formula is C28H36N2O2. The van der Waals surface area contributed by atoms with E-state index in [1.807, 2.05) is 23.1 Å². The highest BCUT2D eigenvalue weighted by Gasteiger charge is 2.17. The van der Waals surface area contributed by atoms with E-state index < -0.39 is 0 Å². The SMILES string of the molecule is CCCCCc1ccc(C(=O)N(CCOC)Cc2cccn2Cc2ccc(C)cc2)cc1. The monoisotopic (exact) mass is 432 g/mol. The van der Waals surface area contributed by atoms with Gasteiger partial charge in [-0.2, -0.15) is 0 Å². The molecule has 4 nitrogen and oxygen atoms in total. The summed E-state index contributed by atoms with van der Waals surface area (Å²) in [7, 11) is 1.67. The van der Waals surface area contributed by atoms with E-state index in [1.165, 1.54) is 36.0 Å². The molecule has 0 fully saturated rings. The number of aromatic nitrogens is 1. The van der Waals surface area contributed by atoms with Gasteiger partial charge in [0.25, 0.3) is 5.91 Å². The Hall–Kier alpha value is -2.85. The van der Waals surface area contributed by atoms with Crippen LogP contribution in [0, 0.1) is 6.92 Å². The Morgan fingerprint density at radius 1 is 0.969 bits per heavy atom. The molecule has 170 valence electrons. The van der Waals surface area contributed by atoms with Crippen LogP contribution in [-0.2, 0) is 24.2 Å². The summed E-state index contributed by atoms with van der Waals surface area (Å²) in [5.74, 6) is 0.0465. The number of ether oxygens (including phenoxy) is 1. The second-order valence-electron chi connectivity index (χ2n) is 8.49. The van der Waals surface area contributed by atoms with Crippen LogP contribution in [0.4, 0.5) is 0 Å². The molecule has 0 aliphatic rings. The van der Waals surface area contributed by atoms with Gasteiger partial charge in [-0.25, -0.2) is 0 Å². The molecule has 1 aromatic heterocycles. The van der Waals surface area contributed by atoms with Crippen molar-refractivity contribution in [2.45, 2.75) is 52.6 Å². The topological polar surface area (TPSA) is 34.5 Å². The number of methoxy groups -OCH3 is 1. The minimum Gasteiger partial charge on any atom is -0.383 e. The van der Waals surface area contributed by atoms with E-state index in [1.54, 1.807) is 7.11 Å². The van der Waals surface area contributed by atoms with Gasteiger partial charge >= 0.3 is 0 Å². The standard InChI is InChI=1S/C28H36N2O2/c1-4-5-6-8-24-14-16-26(17-15-24)28(31)30(19-20-32-3)22-27-9-7-18-29(27)21-25-12-10-23(2)11-13-25/h7,9-18H,4-6,8,19-22H2,1-3H3. The number of amides is 1. The molecule has 2 aromatic carbocycles. The fourth-order valence-corrected chi connectivity index (χ4v) is 3.86. The summed E-state index contributed by atoms with van der Waals surface area (Å²) >= 11 is 0. The maximum atomic E-state index is 13.3. The molecule has 4 heteroatoms. The zero-order chi connectivity index (χ0) is 22.8. The Kier molecular flexibility index (Phi) is 9.12. The van der Waals surface area contributed by atoms with Crippen LogP contribution in [-0.4, -0.2) is 35.6 Å². The third kappa shape index (κ3) is 6.83. The van der Waals surface area contributed by atoms with Crippen LogP contribution in [0.1, 0.15) is 58.9 Å². The molecule has 1 heterocycles. The number of carbonyl (C=O) groups excluding carboxylic acids is 1. The normalized spacial score (nSPS) is 11.0. The first kappa shape index (κ1) is 23.8. The van der Waals surface area contributed by atoms with E-state index in [4.69, 9.17) is 4.74 Å². The highest BCUT2D eigenvalue weighted by molar-refractivity contribution is 5.94. The third-order valence-corrected chi connectivity index (χ3v) is 5.87. The molecule has 0 aliphatic carbocycles. The highest BCUT2D eigenvalue weighted by Crippen LogP contribution is 2.15. The molecule has 3 aromatic rings. The summed E-state index contributed by atoms with van der Waals surface area (Å²) < 4.78 is 7.50. The average molecular weight is 433 g/mol. The average Bonchev–Trinajstić information content (AvgIpc) is 3.24. The predicted octanol–water partition coefficient (Wildman–Crippen LogP) is 5.87. The lowest BCUT2D eigenvalue weighted by molar-refractivity contribution is 0.0676. The zero-order valence-corrected chi connectivity index (χ0v) is 19.7. The molecule has 32 heavy (non-hydrogen) atoms. The second-order valence-corrected chi connectivity index (χ2v) is 8.49. The number of hydrogen-bond donors (Lipinski definition) is 0. The van der Waals surface area contributed by atoms with E-state index in [-0.39, 0.29) is 5.91 Å². The van der Waals surface area contributed by atoms with Gasteiger partial charge in [-0.1, -0.05) is 61.7 Å². The van der Waals surface area contributed by atoms with Crippen molar-refractivity contribution in [3.63, 3.8) is 0 Å². The fourth-order valence-electron chi connectivity index (χ4n) is 3.86. The molecule has 0 bridgehead atoms. The molecule has 1 amide bonds. The summed E-state index contributed by atoms with van der Waals surface area (Å²) in [6.45, 7) is 6.74. The number of rotatable bonds is 12. The Morgan fingerprint density at radius 3 is 2.38 bits per heavy atom. The predicted molar refractivity (Wildman–Crippen MR) is 131 cm³/mol. The third-order valence-electron chi connectivity index (χ3n) is 5.87. The first-order valence-corrected chi connectivity index (χ1v) is 11.7. The minimum absolute atomic E-state index is 0.0465. The van der Waals surface area contributed by atoms with Crippen molar-refractivity contribution in [3.8, 4) is 0 Å². The van der Waals surface area contributed by atoms with E-state index in [2.05, 4.69) is 67.1 Å². The molecule has 0 unspecified atom stereocenters. The van der Waals surface area contributed by atoms with Gasteiger partial charge in [-0.15, -0.1) is 0 Å². The summed E-state index contributed by atoms with van der Waals surface area (Å²) in [4.78, 5) is 15.2. The van der Waals surface area contributed by atoms with E-state index >= 15 is 0 Å². The maximum absolute atomic E-state index is 13.3. The van der Waals surface area contributed by atoms with Crippen molar-refractivity contribution >= 4 is 5.91 Å². The van der Waals surface area contributed by atoms with E-state index in [0.717, 1.165) is 24.2 Å². The molecule has 0 aliphatic heterocycles. The highest BCUT2D eigenvalue weighted by atomic mass is 16.5. The van der Waals surface area contributed by atoms with Gasteiger partial charge in [0.05, 0.1) is 13.2 Å². The van der Waals surface area contributed by atoms with Crippen molar-refractivity contribution in [2.75, 3.05) is 20.3 Å². The van der Waals surface area contributed by atoms with Gasteiger partial charge in [0.2, 0.25) is 0 Å². The summed E-state index contributed by atoms with van der Waals surface area (Å²) in [5.41, 5.74) is 5.66. The van der Waals surface area contributed by atoms with Gasteiger partial charge in [-0.05, 0) is 55.2 Å². The van der Waals surface area contributed by atoms with Crippen molar-refractivity contribution < 1.29 is 9.53 Å². The van der Waals surface area contributed by atoms with Crippen LogP contribution in [0.15, 0.2) is 66.9 Å². The molecule has 0 atom stereocenters. The van der Waals surface area contributed by atoms with Crippen LogP contribution in [0.2, 0.25) is 0 Å². The molecule has 0 N–H and O–H groups in total.